The van der Waals surface area contributed by atoms with Crippen molar-refractivity contribution in [1.82, 2.24) is 25.1 Å². The highest BCUT2D eigenvalue weighted by molar-refractivity contribution is 5.55. The number of hydrogen-bond acceptors (Lipinski definition) is 4. The molecule has 1 atom stereocenters. The Morgan fingerprint density at radius 1 is 1.33 bits per heavy atom. The molecular weight excluding hydrogens is 226 g/mol. The molecule has 0 spiro atoms. The van der Waals surface area contributed by atoms with Gasteiger partial charge in [-0.1, -0.05) is 0 Å². The van der Waals surface area contributed by atoms with Crippen molar-refractivity contribution < 1.29 is 0 Å². The Balaban J connectivity index is 1.72. The summed E-state index contributed by atoms with van der Waals surface area (Å²) in [5.74, 6) is 0.712. The van der Waals surface area contributed by atoms with E-state index in [4.69, 9.17) is 0 Å². The summed E-state index contributed by atoms with van der Waals surface area (Å²) in [6.07, 6.45) is 9.75. The Morgan fingerprint density at radius 2 is 2.28 bits per heavy atom. The van der Waals surface area contributed by atoms with Gasteiger partial charge in [-0.05, 0) is 31.8 Å². The van der Waals surface area contributed by atoms with Gasteiger partial charge in [0.25, 0.3) is 0 Å². The molecule has 3 rings (SSSR count). The third-order valence-corrected chi connectivity index (χ3v) is 3.37. The maximum atomic E-state index is 4.50. The molecule has 0 aromatic carbocycles. The van der Waals surface area contributed by atoms with Crippen LogP contribution in [0, 0.1) is 5.92 Å². The Bertz CT molecular complexity index is 510. The quantitative estimate of drug-likeness (QED) is 0.874. The van der Waals surface area contributed by atoms with Gasteiger partial charge in [-0.15, -0.1) is 0 Å². The van der Waals surface area contributed by atoms with Crippen molar-refractivity contribution in [1.29, 1.82) is 0 Å². The van der Waals surface area contributed by atoms with Crippen LogP contribution in [0.1, 0.15) is 12.1 Å². The molecule has 1 fully saturated rings. The van der Waals surface area contributed by atoms with E-state index in [1.807, 2.05) is 31.8 Å². The maximum Gasteiger partial charge on any atom is 0.0916 e. The molecule has 1 saturated heterocycles. The molecule has 5 nitrogen and oxygen atoms in total. The maximum absolute atomic E-state index is 4.50. The third kappa shape index (κ3) is 2.41. The predicted octanol–water partition coefficient (Wildman–Crippen LogP) is 1.03. The molecule has 0 unspecified atom stereocenters. The van der Waals surface area contributed by atoms with Crippen LogP contribution in [0.25, 0.3) is 11.3 Å². The first kappa shape index (κ1) is 11.3. The molecule has 1 aliphatic heterocycles. The first-order chi connectivity index (χ1) is 8.81. The Morgan fingerprint density at radius 3 is 2.89 bits per heavy atom. The SMILES string of the molecule is Cn1cc(-c2cnc(C[C@H]3CCNC3)cn2)cn1. The summed E-state index contributed by atoms with van der Waals surface area (Å²) in [5.41, 5.74) is 2.98. The predicted molar refractivity (Wildman–Crippen MR) is 68.9 cm³/mol. The summed E-state index contributed by atoms with van der Waals surface area (Å²) in [5, 5.41) is 7.51. The van der Waals surface area contributed by atoms with Crippen molar-refractivity contribution in [3.8, 4) is 11.3 Å². The second-order valence-corrected chi connectivity index (χ2v) is 4.86. The van der Waals surface area contributed by atoms with E-state index in [1.54, 1.807) is 4.68 Å². The number of nitrogens with one attached hydrogen (secondary N) is 1. The van der Waals surface area contributed by atoms with Crippen LogP contribution < -0.4 is 5.32 Å². The molecule has 0 amide bonds. The van der Waals surface area contributed by atoms with Gasteiger partial charge in [0.1, 0.15) is 0 Å². The normalized spacial score (nSPS) is 19.3. The van der Waals surface area contributed by atoms with E-state index in [0.717, 1.165) is 36.5 Å². The van der Waals surface area contributed by atoms with Crippen LogP contribution in [-0.4, -0.2) is 32.8 Å². The van der Waals surface area contributed by atoms with E-state index in [0.29, 0.717) is 5.92 Å². The lowest BCUT2D eigenvalue weighted by molar-refractivity contribution is 0.570. The molecule has 0 aliphatic carbocycles. The van der Waals surface area contributed by atoms with Crippen LogP contribution in [0.3, 0.4) is 0 Å². The number of rotatable bonds is 3. The molecule has 2 aromatic rings. The van der Waals surface area contributed by atoms with Gasteiger partial charge in [-0.25, -0.2) is 0 Å². The van der Waals surface area contributed by atoms with E-state index >= 15 is 0 Å². The zero-order chi connectivity index (χ0) is 12.4. The number of aromatic nitrogens is 4. The molecular formula is C13H17N5. The standard InChI is InChI=1S/C13H17N5/c1-18-9-11(6-17-18)13-8-15-12(7-16-13)4-10-2-3-14-5-10/h6-10,14H,2-5H2,1H3/t10-/m1/s1. The van der Waals surface area contributed by atoms with Gasteiger partial charge in [0, 0.05) is 25.0 Å². The minimum absolute atomic E-state index is 0.712. The zero-order valence-corrected chi connectivity index (χ0v) is 10.5. The molecule has 1 N–H and O–H groups in total. The highest BCUT2D eigenvalue weighted by Gasteiger charge is 2.15. The van der Waals surface area contributed by atoms with Gasteiger partial charge in [0.15, 0.2) is 0 Å². The van der Waals surface area contributed by atoms with Gasteiger partial charge in [-0.2, -0.15) is 5.10 Å². The molecule has 5 heteroatoms. The lowest BCUT2D eigenvalue weighted by Gasteiger charge is -2.07. The van der Waals surface area contributed by atoms with Crippen LogP contribution >= 0.6 is 0 Å². The number of aryl methyl sites for hydroxylation is 1. The van der Waals surface area contributed by atoms with Gasteiger partial charge in [-0.3, -0.25) is 14.6 Å². The van der Waals surface area contributed by atoms with Crippen molar-refractivity contribution in [3.05, 3.63) is 30.5 Å². The van der Waals surface area contributed by atoms with Crippen LogP contribution in [0.15, 0.2) is 24.8 Å². The first-order valence-electron chi connectivity index (χ1n) is 6.32. The Labute approximate surface area is 106 Å². The topological polar surface area (TPSA) is 55.6 Å². The molecule has 1 aliphatic rings. The second-order valence-electron chi connectivity index (χ2n) is 4.86. The summed E-state index contributed by atoms with van der Waals surface area (Å²) in [7, 11) is 1.90. The fourth-order valence-electron chi connectivity index (χ4n) is 2.35. The van der Waals surface area contributed by atoms with Gasteiger partial charge < -0.3 is 5.32 Å². The average Bonchev–Trinajstić information content (AvgIpc) is 3.02. The van der Waals surface area contributed by atoms with Crippen molar-refractivity contribution in [2.75, 3.05) is 13.1 Å². The lowest BCUT2D eigenvalue weighted by atomic mass is 10.0. The van der Waals surface area contributed by atoms with Crippen molar-refractivity contribution in [3.63, 3.8) is 0 Å². The molecule has 0 radical (unpaired) electrons. The second kappa shape index (κ2) is 4.86. The van der Waals surface area contributed by atoms with Gasteiger partial charge in [0.05, 0.1) is 23.8 Å². The molecule has 18 heavy (non-hydrogen) atoms. The summed E-state index contributed by atoms with van der Waals surface area (Å²) >= 11 is 0. The molecule has 2 aromatic heterocycles. The van der Waals surface area contributed by atoms with E-state index in [9.17, 15) is 0 Å². The van der Waals surface area contributed by atoms with Crippen molar-refractivity contribution >= 4 is 0 Å². The van der Waals surface area contributed by atoms with Gasteiger partial charge in [0.2, 0.25) is 0 Å². The minimum Gasteiger partial charge on any atom is -0.316 e. The third-order valence-electron chi connectivity index (χ3n) is 3.37. The first-order valence-corrected chi connectivity index (χ1v) is 6.32. The fourth-order valence-corrected chi connectivity index (χ4v) is 2.35. The minimum atomic E-state index is 0.712. The Hall–Kier alpha value is -1.75. The summed E-state index contributed by atoms with van der Waals surface area (Å²) in [6.45, 7) is 2.23. The Kier molecular flexibility index (Phi) is 3.06. The van der Waals surface area contributed by atoms with Crippen LogP contribution in [0.4, 0.5) is 0 Å². The highest BCUT2D eigenvalue weighted by Crippen LogP contribution is 2.16. The molecule has 94 valence electrons. The van der Waals surface area contributed by atoms with E-state index in [2.05, 4.69) is 20.4 Å². The number of hydrogen-bond donors (Lipinski definition) is 1. The van der Waals surface area contributed by atoms with E-state index in [-0.39, 0.29) is 0 Å². The number of nitrogens with zero attached hydrogens (tertiary/aromatic N) is 4. The van der Waals surface area contributed by atoms with E-state index < -0.39 is 0 Å². The van der Waals surface area contributed by atoms with Crippen LogP contribution in [-0.2, 0) is 13.5 Å². The monoisotopic (exact) mass is 243 g/mol. The van der Waals surface area contributed by atoms with Gasteiger partial charge >= 0.3 is 0 Å². The van der Waals surface area contributed by atoms with E-state index in [1.165, 1.54) is 6.42 Å². The molecule has 0 saturated carbocycles. The smallest absolute Gasteiger partial charge is 0.0916 e. The molecule has 3 heterocycles. The summed E-state index contributed by atoms with van der Waals surface area (Å²) in [4.78, 5) is 8.97. The lowest BCUT2D eigenvalue weighted by Crippen LogP contribution is -2.11. The fraction of sp³-hybridized carbons (Fsp3) is 0.462. The highest BCUT2D eigenvalue weighted by atomic mass is 15.2. The van der Waals surface area contributed by atoms with Crippen molar-refractivity contribution in [2.24, 2.45) is 13.0 Å². The average molecular weight is 243 g/mol. The summed E-state index contributed by atoms with van der Waals surface area (Å²) in [6, 6.07) is 0. The van der Waals surface area contributed by atoms with Crippen LogP contribution in [0.5, 0.6) is 0 Å². The zero-order valence-electron chi connectivity index (χ0n) is 10.5. The van der Waals surface area contributed by atoms with Crippen molar-refractivity contribution in [2.45, 2.75) is 12.8 Å². The molecule has 0 bridgehead atoms. The van der Waals surface area contributed by atoms with Crippen LogP contribution in [0.2, 0.25) is 0 Å². The largest absolute Gasteiger partial charge is 0.316 e. The summed E-state index contributed by atoms with van der Waals surface area (Å²) < 4.78 is 1.77.